The van der Waals surface area contributed by atoms with Crippen molar-refractivity contribution in [2.45, 2.75) is 13.3 Å². The van der Waals surface area contributed by atoms with Gasteiger partial charge in [-0.3, -0.25) is 9.78 Å². The molecule has 2 heterocycles. The molecule has 1 aliphatic rings. The van der Waals surface area contributed by atoms with Crippen LogP contribution in [0.15, 0.2) is 48.5 Å². The van der Waals surface area contributed by atoms with E-state index in [0.717, 1.165) is 12.1 Å². The molecule has 0 spiro atoms. The molecule has 0 N–H and O–H groups in total. The van der Waals surface area contributed by atoms with Crippen molar-refractivity contribution in [3.8, 4) is 0 Å². The van der Waals surface area contributed by atoms with Gasteiger partial charge in [0, 0.05) is 29.4 Å². The lowest BCUT2D eigenvalue weighted by molar-refractivity contribution is 0.0991. The number of nitrogens with zero attached hydrogens (tertiary/aromatic N) is 2. The summed E-state index contributed by atoms with van der Waals surface area (Å²) in [6.45, 7) is 2.49. The number of para-hydroxylation sites is 1. The molecule has 4 rings (SSSR count). The van der Waals surface area contributed by atoms with E-state index in [-0.39, 0.29) is 11.7 Å². The fourth-order valence-electron chi connectivity index (χ4n) is 3.21. The maximum absolute atomic E-state index is 13.5. The summed E-state index contributed by atoms with van der Waals surface area (Å²) in [5.74, 6) is -0.405. The summed E-state index contributed by atoms with van der Waals surface area (Å²) in [7, 11) is 0. The van der Waals surface area contributed by atoms with Crippen LogP contribution in [-0.4, -0.2) is 17.4 Å². The van der Waals surface area contributed by atoms with Gasteiger partial charge in [-0.05, 0) is 43.2 Å². The molecular formula is C19H15FN2O. The third-order valence-corrected chi connectivity index (χ3v) is 4.26. The van der Waals surface area contributed by atoms with Gasteiger partial charge < -0.3 is 4.90 Å². The largest absolute Gasteiger partial charge is 0.308 e. The van der Waals surface area contributed by atoms with E-state index in [1.54, 1.807) is 17.0 Å². The molecule has 3 aromatic rings. The number of benzene rings is 2. The van der Waals surface area contributed by atoms with E-state index in [2.05, 4.69) is 4.98 Å². The van der Waals surface area contributed by atoms with Gasteiger partial charge in [0.2, 0.25) is 0 Å². The Balaban J connectivity index is 1.85. The Hall–Kier alpha value is -2.75. The normalized spacial score (nSPS) is 13.4. The number of carbonyl (C=O) groups is 1. The van der Waals surface area contributed by atoms with Crippen LogP contribution >= 0.6 is 0 Å². The minimum absolute atomic E-state index is 0.0583. The van der Waals surface area contributed by atoms with Crippen LogP contribution in [0.3, 0.4) is 0 Å². The number of anilines is 1. The Morgan fingerprint density at radius 3 is 2.87 bits per heavy atom. The van der Waals surface area contributed by atoms with Crippen LogP contribution in [0.5, 0.6) is 0 Å². The van der Waals surface area contributed by atoms with Gasteiger partial charge in [0.25, 0.3) is 5.91 Å². The number of halogens is 1. The van der Waals surface area contributed by atoms with E-state index in [4.69, 9.17) is 0 Å². The zero-order chi connectivity index (χ0) is 16.0. The first-order chi connectivity index (χ1) is 11.1. The topological polar surface area (TPSA) is 33.2 Å². The predicted octanol–water partition coefficient (Wildman–Crippen LogP) is 3.89. The molecule has 0 radical (unpaired) electrons. The molecule has 0 unspecified atom stereocenters. The first-order valence-electron chi connectivity index (χ1n) is 7.60. The lowest BCUT2D eigenvalue weighted by Gasteiger charge is -2.18. The highest BCUT2D eigenvalue weighted by Gasteiger charge is 2.26. The molecule has 0 saturated carbocycles. The van der Waals surface area contributed by atoms with E-state index in [1.807, 2.05) is 31.2 Å². The second kappa shape index (κ2) is 5.16. The molecule has 1 amide bonds. The number of aromatic nitrogens is 1. The number of carbonyl (C=O) groups excluding carboxylic acids is 1. The smallest absolute Gasteiger partial charge is 0.259 e. The average Bonchev–Trinajstić information content (AvgIpc) is 2.97. The van der Waals surface area contributed by atoms with Crippen LogP contribution in [0.1, 0.15) is 21.6 Å². The van der Waals surface area contributed by atoms with Crippen LogP contribution in [0.25, 0.3) is 10.9 Å². The summed E-state index contributed by atoms with van der Waals surface area (Å²) in [4.78, 5) is 19.2. The molecule has 2 aromatic carbocycles. The summed E-state index contributed by atoms with van der Waals surface area (Å²) < 4.78 is 13.5. The van der Waals surface area contributed by atoms with E-state index in [0.29, 0.717) is 28.7 Å². The van der Waals surface area contributed by atoms with Crippen LogP contribution in [-0.2, 0) is 6.42 Å². The van der Waals surface area contributed by atoms with Crippen molar-refractivity contribution in [2.24, 2.45) is 0 Å². The van der Waals surface area contributed by atoms with Crippen molar-refractivity contribution < 1.29 is 9.18 Å². The van der Waals surface area contributed by atoms with Gasteiger partial charge in [-0.15, -0.1) is 0 Å². The van der Waals surface area contributed by atoms with Gasteiger partial charge in [0.15, 0.2) is 0 Å². The molecule has 0 fully saturated rings. The second-order valence-electron chi connectivity index (χ2n) is 5.81. The number of amides is 1. The Labute approximate surface area is 133 Å². The third-order valence-electron chi connectivity index (χ3n) is 4.26. The molecule has 1 aromatic heterocycles. The Bertz CT molecular complexity index is 931. The van der Waals surface area contributed by atoms with Gasteiger partial charge in [0.1, 0.15) is 5.82 Å². The summed E-state index contributed by atoms with van der Waals surface area (Å²) in [6, 6.07) is 14.1. The molecule has 1 aliphatic heterocycles. The Morgan fingerprint density at radius 1 is 1.17 bits per heavy atom. The lowest BCUT2D eigenvalue weighted by Crippen LogP contribution is -2.29. The Kier molecular flexibility index (Phi) is 3.11. The fourth-order valence-corrected chi connectivity index (χ4v) is 3.21. The molecule has 0 bridgehead atoms. The van der Waals surface area contributed by atoms with Gasteiger partial charge >= 0.3 is 0 Å². The monoisotopic (exact) mass is 306 g/mol. The third kappa shape index (κ3) is 2.27. The zero-order valence-corrected chi connectivity index (χ0v) is 12.7. The highest BCUT2D eigenvalue weighted by Crippen LogP contribution is 2.30. The molecule has 0 saturated heterocycles. The van der Waals surface area contributed by atoms with E-state index in [9.17, 15) is 9.18 Å². The van der Waals surface area contributed by atoms with E-state index >= 15 is 0 Å². The maximum atomic E-state index is 13.5. The number of fused-ring (bicyclic) bond motifs is 2. The Morgan fingerprint density at radius 2 is 2.00 bits per heavy atom. The SMILES string of the molecule is Cc1cc(C(=O)N2CCc3ccccc32)c2ccc(F)cc2n1. The number of hydrogen-bond donors (Lipinski definition) is 0. The fraction of sp³-hybridized carbons (Fsp3) is 0.158. The number of hydrogen-bond acceptors (Lipinski definition) is 2. The van der Waals surface area contributed by atoms with Crippen LogP contribution in [0.2, 0.25) is 0 Å². The van der Waals surface area contributed by atoms with Gasteiger partial charge in [-0.2, -0.15) is 0 Å². The van der Waals surface area contributed by atoms with E-state index < -0.39 is 0 Å². The van der Waals surface area contributed by atoms with Crippen molar-refractivity contribution in [3.63, 3.8) is 0 Å². The summed E-state index contributed by atoms with van der Waals surface area (Å²) in [5.41, 5.74) is 3.94. The second-order valence-corrected chi connectivity index (χ2v) is 5.81. The number of aryl methyl sites for hydroxylation is 1. The van der Waals surface area contributed by atoms with Crippen molar-refractivity contribution in [1.82, 2.24) is 4.98 Å². The molecule has 0 aliphatic carbocycles. The van der Waals surface area contributed by atoms with Crippen LogP contribution in [0.4, 0.5) is 10.1 Å². The zero-order valence-electron chi connectivity index (χ0n) is 12.7. The molecule has 4 heteroatoms. The summed E-state index contributed by atoms with van der Waals surface area (Å²) in [6.07, 6.45) is 0.860. The van der Waals surface area contributed by atoms with E-state index in [1.165, 1.54) is 17.7 Å². The minimum Gasteiger partial charge on any atom is -0.308 e. The average molecular weight is 306 g/mol. The minimum atomic E-state index is -0.347. The van der Waals surface area contributed by atoms with Crippen LogP contribution in [0, 0.1) is 12.7 Å². The van der Waals surface area contributed by atoms with Crippen molar-refractivity contribution in [3.05, 3.63) is 71.2 Å². The van der Waals surface area contributed by atoms with Crippen molar-refractivity contribution in [2.75, 3.05) is 11.4 Å². The molecule has 23 heavy (non-hydrogen) atoms. The molecular weight excluding hydrogens is 291 g/mol. The van der Waals surface area contributed by atoms with Crippen molar-refractivity contribution in [1.29, 1.82) is 0 Å². The summed E-state index contributed by atoms with van der Waals surface area (Å²) in [5, 5.41) is 0.686. The van der Waals surface area contributed by atoms with Gasteiger partial charge in [0.05, 0.1) is 11.1 Å². The number of pyridine rings is 1. The standard InChI is InChI=1S/C19H15FN2O/c1-12-10-16(15-7-6-14(20)11-17(15)21-12)19(23)22-9-8-13-4-2-3-5-18(13)22/h2-7,10-11H,8-9H2,1H3. The summed E-state index contributed by atoms with van der Waals surface area (Å²) >= 11 is 0. The lowest BCUT2D eigenvalue weighted by atomic mass is 10.1. The first kappa shape index (κ1) is 13.9. The van der Waals surface area contributed by atoms with Gasteiger partial charge in [-0.1, -0.05) is 18.2 Å². The quantitative estimate of drug-likeness (QED) is 0.683. The first-order valence-corrected chi connectivity index (χ1v) is 7.60. The van der Waals surface area contributed by atoms with Crippen molar-refractivity contribution >= 4 is 22.5 Å². The highest BCUT2D eigenvalue weighted by atomic mass is 19.1. The maximum Gasteiger partial charge on any atom is 0.259 e. The van der Waals surface area contributed by atoms with Gasteiger partial charge in [-0.25, -0.2) is 4.39 Å². The number of rotatable bonds is 1. The van der Waals surface area contributed by atoms with Crippen LogP contribution < -0.4 is 4.90 Å². The predicted molar refractivity (Wildman–Crippen MR) is 88.3 cm³/mol. The highest BCUT2D eigenvalue weighted by molar-refractivity contribution is 6.14. The molecule has 0 atom stereocenters. The molecule has 3 nitrogen and oxygen atoms in total. The molecule has 114 valence electrons.